The molecule has 3 rings (SSSR count). The Morgan fingerprint density at radius 2 is 2.16 bits per heavy atom. The van der Waals surface area contributed by atoms with Gasteiger partial charge in [-0.15, -0.1) is 0 Å². The summed E-state index contributed by atoms with van der Waals surface area (Å²) in [5, 5.41) is 0.494. The van der Waals surface area contributed by atoms with Crippen molar-refractivity contribution >= 4 is 11.6 Å². The number of fused-ring (bicyclic) bond motifs is 1. The van der Waals surface area contributed by atoms with Gasteiger partial charge in [0.1, 0.15) is 10.9 Å². The smallest absolute Gasteiger partial charge is 0.171 e. The molecule has 1 aliphatic heterocycles. The number of benzene rings is 1. The van der Waals surface area contributed by atoms with Gasteiger partial charge in [0.05, 0.1) is 0 Å². The molecule has 1 unspecified atom stereocenters. The lowest BCUT2D eigenvalue weighted by Crippen LogP contribution is -2.10. The first-order valence-corrected chi connectivity index (χ1v) is 6.92. The molecule has 0 aliphatic carbocycles. The number of rotatable bonds is 3. The number of aryl methyl sites for hydroxylation is 1. The first kappa shape index (κ1) is 12.4. The Morgan fingerprint density at radius 3 is 2.95 bits per heavy atom. The minimum absolute atomic E-state index is 0.119. The van der Waals surface area contributed by atoms with Crippen LogP contribution in [0.4, 0.5) is 0 Å². The Balaban J connectivity index is 1.88. The topological polar surface area (TPSA) is 35.0 Å². The predicted octanol–water partition coefficient (Wildman–Crippen LogP) is 3.76. The van der Waals surface area contributed by atoms with Crippen LogP contribution in [0, 0.1) is 0 Å². The maximum atomic E-state index is 6.07. The highest BCUT2D eigenvalue weighted by Crippen LogP contribution is 2.35. The van der Waals surface area contributed by atoms with E-state index in [1.807, 2.05) is 24.3 Å². The summed E-state index contributed by atoms with van der Waals surface area (Å²) in [6, 6.07) is 9.88. The molecule has 0 fully saturated rings. The van der Waals surface area contributed by atoms with E-state index in [1.165, 1.54) is 5.56 Å². The van der Waals surface area contributed by atoms with Crippen LogP contribution in [0.25, 0.3) is 0 Å². The van der Waals surface area contributed by atoms with Crippen molar-refractivity contribution in [2.75, 3.05) is 0 Å². The largest absolute Gasteiger partial charge is 0.482 e. The van der Waals surface area contributed by atoms with Gasteiger partial charge in [0.15, 0.2) is 11.9 Å². The summed E-state index contributed by atoms with van der Waals surface area (Å²) in [5.74, 6) is 1.61. The van der Waals surface area contributed by atoms with Crippen molar-refractivity contribution in [1.82, 2.24) is 9.97 Å². The van der Waals surface area contributed by atoms with E-state index in [4.69, 9.17) is 16.3 Å². The molecule has 0 saturated heterocycles. The van der Waals surface area contributed by atoms with Gasteiger partial charge in [0.2, 0.25) is 0 Å². The SMILES string of the molecule is CCCc1cc(Cl)nc(C2Cc3ccccc3O2)n1. The first-order chi connectivity index (χ1) is 9.26. The Kier molecular flexibility index (Phi) is 3.38. The molecule has 1 aliphatic rings. The van der Waals surface area contributed by atoms with Crippen molar-refractivity contribution in [2.24, 2.45) is 0 Å². The lowest BCUT2D eigenvalue weighted by atomic mass is 10.1. The van der Waals surface area contributed by atoms with Gasteiger partial charge in [-0.05, 0) is 24.1 Å². The molecule has 0 bridgehead atoms. The second-order valence-corrected chi connectivity index (χ2v) is 5.10. The van der Waals surface area contributed by atoms with Crippen molar-refractivity contribution in [3.8, 4) is 5.75 Å². The number of ether oxygens (including phenoxy) is 1. The summed E-state index contributed by atoms with van der Waals surface area (Å²) in [7, 11) is 0. The van der Waals surface area contributed by atoms with E-state index >= 15 is 0 Å². The van der Waals surface area contributed by atoms with Crippen molar-refractivity contribution in [3.05, 3.63) is 52.6 Å². The molecule has 0 amide bonds. The molecule has 1 atom stereocenters. The second kappa shape index (κ2) is 5.17. The average Bonchev–Trinajstić information content (AvgIpc) is 2.82. The second-order valence-electron chi connectivity index (χ2n) is 4.71. The van der Waals surface area contributed by atoms with Crippen LogP contribution in [0.2, 0.25) is 5.15 Å². The van der Waals surface area contributed by atoms with E-state index in [-0.39, 0.29) is 6.10 Å². The fourth-order valence-electron chi connectivity index (χ4n) is 2.34. The van der Waals surface area contributed by atoms with Crippen LogP contribution in [0.15, 0.2) is 30.3 Å². The Labute approximate surface area is 117 Å². The summed E-state index contributed by atoms with van der Waals surface area (Å²) >= 11 is 6.07. The molecule has 1 aromatic carbocycles. The molecule has 0 spiro atoms. The molecule has 4 heteroatoms. The van der Waals surface area contributed by atoms with E-state index in [0.29, 0.717) is 11.0 Å². The fraction of sp³-hybridized carbons (Fsp3) is 0.333. The van der Waals surface area contributed by atoms with Crippen molar-refractivity contribution in [3.63, 3.8) is 0 Å². The van der Waals surface area contributed by atoms with Gasteiger partial charge in [-0.2, -0.15) is 0 Å². The summed E-state index contributed by atoms with van der Waals surface area (Å²) < 4.78 is 5.90. The van der Waals surface area contributed by atoms with E-state index < -0.39 is 0 Å². The summed E-state index contributed by atoms with van der Waals surface area (Å²) in [6.45, 7) is 2.12. The van der Waals surface area contributed by atoms with Crippen LogP contribution in [-0.2, 0) is 12.8 Å². The zero-order valence-corrected chi connectivity index (χ0v) is 11.5. The van der Waals surface area contributed by atoms with Gasteiger partial charge in [0.25, 0.3) is 0 Å². The molecule has 0 N–H and O–H groups in total. The number of hydrogen-bond acceptors (Lipinski definition) is 3. The molecule has 98 valence electrons. The predicted molar refractivity (Wildman–Crippen MR) is 74.6 cm³/mol. The van der Waals surface area contributed by atoms with Crippen LogP contribution >= 0.6 is 11.6 Å². The van der Waals surface area contributed by atoms with Gasteiger partial charge < -0.3 is 4.74 Å². The highest BCUT2D eigenvalue weighted by Gasteiger charge is 2.26. The third kappa shape index (κ3) is 2.56. The van der Waals surface area contributed by atoms with Crippen molar-refractivity contribution < 1.29 is 4.74 Å². The Morgan fingerprint density at radius 1 is 1.32 bits per heavy atom. The number of hydrogen-bond donors (Lipinski definition) is 0. The molecular weight excluding hydrogens is 260 g/mol. The molecular formula is C15H15ClN2O. The first-order valence-electron chi connectivity index (χ1n) is 6.54. The third-order valence-electron chi connectivity index (χ3n) is 3.21. The average molecular weight is 275 g/mol. The Bertz CT molecular complexity index is 575. The third-order valence-corrected chi connectivity index (χ3v) is 3.40. The number of para-hydroxylation sites is 1. The number of aromatic nitrogens is 2. The van der Waals surface area contributed by atoms with E-state index in [0.717, 1.165) is 30.7 Å². The molecule has 1 aromatic heterocycles. The van der Waals surface area contributed by atoms with Crippen LogP contribution < -0.4 is 4.74 Å². The molecule has 3 nitrogen and oxygen atoms in total. The number of nitrogens with zero attached hydrogens (tertiary/aromatic N) is 2. The van der Waals surface area contributed by atoms with E-state index in [1.54, 1.807) is 0 Å². The summed E-state index contributed by atoms with van der Waals surface area (Å²) in [5.41, 5.74) is 2.19. The van der Waals surface area contributed by atoms with Crippen LogP contribution in [0.3, 0.4) is 0 Å². The molecule has 2 heterocycles. The highest BCUT2D eigenvalue weighted by molar-refractivity contribution is 6.29. The Hall–Kier alpha value is -1.61. The van der Waals surface area contributed by atoms with Crippen LogP contribution in [0.1, 0.15) is 36.5 Å². The lowest BCUT2D eigenvalue weighted by molar-refractivity contribution is 0.227. The fourth-order valence-corrected chi connectivity index (χ4v) is 2.55. The van der Waals surface area contributed by atoms with Gasteiger partial charge in [0, 0.05) is 12.1 Å². The summed E-state index contributed by atoms with van der Waals surface area (Å²) in [4.78, 5) is 8.88. The minimum Gasteiger partial charge on any atom is -0.482 e. The maximum Gasteiger partial charge on any atom is 0.171 e. The van der Waals surface area contributed by atoms with Gasteiger partial charge >= 0.3 is 0 Å². The van der Waals surface area contributed by atoms with E-state index in [2.05, 4.69) is 23.0 Å². The number of halogens is 1. The monoisotopic (exact) mass is 274 g/mol. The van der Waals surface area contributed by atoms with Gasteiger partial charge in [-0.1, -0.05) is 43.1 Å². The minimum atomic E-state index is -0.119. The van der Waals surface area contributed by atoms with Crippen LogP contribution in [0.5, 0.6) is 5.75 Å². The van der Waals surface area contributed by atoms with E-state index in [9.17, 15) is 0 Å². The molecule has 2 aromatic rings. The zero-order chi connectivity index (χ0) is 13.2. The molecule has 0 saturated carbocycles. The lowest BCUT2D eigenvalue weighted by Gasteiger charge is -2.10. The van der Waals surface area contributed by atoms with Crippen molar-refractivity contribution in [2.45, 2.75) is 32.3 Å². The normalized spacial score (nSPS) is 17.1. The maximum absolute atomic E-state index is 6.07. The molecule has 19 heavy (non-hydrogen) atoms. The van der Waals surface area contributed by atoms with Gasteiger partial charge in [-0.25, -0.2) is 9.97 Å². The zero-order valence-electron chi connectivity index (χ0n) is 10.8. The standard InChI is InChI=1S/C15H15ClN2O/c1-2-5-11-9-14(16)18-15(17-11)13-8-10-6-3-4-7-12(10)19-13/h3-4,6-7,9,13H,2,5,8H2,1H3. The molecule has 0 radical (unpaired) electrons. The summed E-state index contributed by atoms with van der Waals surface area (Å²) in [6.07, 6.45) is 2.64. The highest BCUT2D eigenvalue weighted by atomic mass is 35.5. The quantitative estimate of drug-likeness (QED) is 0.800. The van der Waals surface area contributed by atoms with Crippen molar-refractivity contribution in [1.29, 1.82) is 0 Å². The van der Waals surface area contributed by atoms with Crippen LogP contribution in [-0.4, -0.2) is 9.97 Å². The van der Waals surface area contributed by atoms with Gasteiger partial charge in [-0.3, -0.25) is 0 Å².